The topological polar surface area (TPSA) is 61.6 Å². The fraction of sp³-hybridized carbons (Fsp3) is 0.923. The molecule has 1 rings (SSSR count). The minimum absolute atomic E-state index is 0.114. The Balaban J connectivity index is 2.05. The number of nitrogens with zero attached hydrogens (tertiary/aromatic N) is 2. The molecule has 1 aliphatic heterocycles. The number of nitrogens with one attached hydrogen (secondary N) is 1. The van der Waals surface area contributed by atoms with E-state index < -0.39 is 0 Å². The number of carbonyl (C=O) groups excluding carboxylic acids is 1. The molecule has 1 heterocycles. The van der Waals surface area contributed by atoms with Crippen molar-refractivity contribution in [3.8, 4) is 0 Å². The first-order valence-corrected chi connectivity index (χ1v) is 6.83. The fourth-order valence-electron chi connectivity index (χ4n) is 1.95. The van der Waals surface area contributed by atoms with Crippen molar-refractivity contribution in [1.82, 2.24) is 15.1 Å². The second-order valence-corrected chi connectivity index (χ2v) is 5.98. The van der Waals surface area contributed by atoms with E-state index in [2.05, 4.69) is 22.2 Å². The summed E-state index contributed by atoms with van der Waals surface area (Å²) in [6.07, 6.45) is 1.25. The van der Waals surface area contributed by atoms with Gasteiger partial charge in [-0.3, -0.25) is 9.69 Å². The Morgan fingerprint density at radius 1 is 1.28 bits per heavy atom. The van der Waals surface area contributed by atoms with Gasteiger partial charge in [-0.05, 0) is 27.3 Å². The minimum atomic E-state index is -0.255. The van der Waals surface area contributed by atoms with Crippen molar-refractivity contribution < 1.29 is 4.79 Å². The molecule has 5 nitrogen and oxygen atoms in total. The summed E-state index contributed by atoms with van der Waals surface area (Å²) < 4.78 is 0. The number of likely N-dealkylation sites (N-methyl/N-ethyl adjacent to an activating group) is 1. The molecule has 106 valence electrons. The van der Waals surface area contributed by atoms with E-state index in [4.69, 9.17) is 5.73 Å². The van der Waals surface area contributed by atoms with Gasteiger partial charge in [0.1, 0.15) is 0 Å². The molecule has 0 atom stereocenters. The molecule has 0 aromatic carbocycles. The lowest BCUT2D eigenvalue weighted by atomic mass is 10.00. The van der Waals surface area contributed by atoms with E-state index in [1.807, 2.05) is 13.8 Å². The van der Waals surface area contributed by atoms with Crippen molar-refractivity contribution in [3.63, 3.8) is 0 Å². The number of rotatable bonds is 6. The van der Waals surface area contributed by atoms with Crippen molar-refractivity contribution in [3.05, 3.63) is 0 Å². The summed E-state index contributed by atoms with van der Waals surface area (Å²) in [7, 11) is 2.15. The highest BCUT2D eigenvalue weighted by Gasteiger charge is 2.15. The molecule has 5 heteroatoms. The molecule has 0 bridgehead atoms. The van der Waals surface area contributed by atoms with Crippen molar-refractivity contribution in [1.29, 1.82) is 0 Å². The van der Waals surface area contributed by atoms with Gasteiger partial charge in [-0.2, -0.15) is 0 Å². The SMILES string of the molecule is CN1CCN(CCNC(=O)CCC(C)(C)N)CC1. The molecule has 0 unspecified atom stereocenters. The van der Waals surface area contributed by atoms with Crippen LogP contribution in [-0.2, 0) is 4.79 Å². The van der Waals surface area contributed by atoms with Crippen molar-refractivity contribution >= 4 is 5.91 Å². The lowest BCUT2D eigenvalue weighted by molar-refractivity contribution is -0.121. The molecule has 1 fully saturated rings. The molecule has 0 aromatic rings. The highest BCUT2D eigenvalue weighted by Crippen LogP contribution is 2.06. The summed E-state index contributed by atoms with van der Waals surface area (Å²) in [5.41, 5.74) is 5.59. The van der Waals surface area contributed by atoms with Gasteiger partial charge in [0, 0.05) is 51.2 Å². The van der Waals surface area contributed by atoms with Crippen molar-refractivity contribution in [2.45, 2.75) is 32.2 Å². The van der Waals surface area contributed by atoms with Gasteiger partial charge in [0.15, 0.2) is 0 Å². The highest BCUT2D eigenvalue weighted by molar-refractivity contribution is 5.75. The van der Waals surface area contributed by atoms with E-state index in [1.54, 1.807) is 0 Å². The third kappa shape index (κ3) is 6.93. The smallest absolute Gasteiger partial charge is 0.220 e. The Morgan fingerprint density at radius 3 is 2.44 bits per heavy atom. The van der Waals surface area contributed by atoms with Crippen molar-refractivity contribution in [2.75, 3.05) is 46.3 Å². The highest BCUT2D eigenvalue weighted by atomic mass is 16.1. The molecule has 1 saturated heterocycles. The van der Waals surface area contributed by atoms with Crippen LogP contribution >= 0.6 is 0 Å². The Hall–Kier alpha value is -0.650. The first-order valence-electron chi connectivity index (χ1n) is 6.83. The van der Waals surface area contributed by atoms with Crippen LogP contribution in [-0.4, -0.2) is 67.6 Å². The van der Waals surface area contributed by atoms with Crippen LogP contribution in [0.1, 0.15) is 26.7 Å². The monoisotopic (exact) mass is 256 g/mol. The summed E-state index contributed by atoms with van der Waals surface area (Å²) in [5.74, 6) is 0.114. The number of carbonyl (C=O) groups is 1. The van der Waals surface area contributed by atoms with Crippen LogP contribution in [0.15, 0.2) is 0 Å². The van der Waals surface area contributed by atoms with Gasteiger partial charge in [-0.1, -0.05) is 0 Å². The quantitative estimate of drug-likeness (QED) is 0.695. The first kappa shape index (κ1) is 15.4. The number of piperazine rings is 1. The second-order valence-electron chi connectivity index (χ2n) is 5.98. The molecule has 0 aliphatic carbocycles. The second kappa shape index (κ2) is 7.07. The average Bonchev–Trinajstić information content (AvgIpc) is 2.28. The normalized spacial score (nSPS) is 18.9. The van der Waals surface area contributed by atoms with E-state index in [0.717, 1.165) is 45.7 Å². The lowest BCUT2D eigenvalue weighted by Crippen LogP contribution is -2.47. The molecule has 0 radical (unpaired) electrons. The van der Waals surface area contributed by atoms with Gasteiger partial charge in [0.25, 0.3) is 0 Å². The standard InChI is InChI=1S/C13H28N4O/c1-13(2,14)5-4-12(18)15-6-7-17-10-8-16(3)9-11-17/h4-11,14H2,1-3H3,(H,15,18). The van der Waals surface area contributed by atoms with E-state index >= 15 is 0 Å². The number of hydrogen-bond acceptors (Lipinski definition) is 4. The van der Waals surface area contributed by atoms with Crippen LogP contribution in [0.25, 0.3) is 0 Å². The lowest BCUT2D eigenvalue weighted by Gasteiger charge is -2.32. The summed E-state index contributed by atoms with van der Waals surface area (Å²) in [5, 5.41) is 2.96. The van der Waals surface area contributed by atoms with Crippen LogP contribution in [0, 0.1) is 0 Å². The molecule has 1 aliphatic rings. The molecular formula is C13H28N4O. The third-order valence-corrected chi connectivity index (χ3v) is 3.34. The van der Waals surface area contributed by atoms with Gasteiger partial charge in [-0.15, -0.1) is 0 Å². The Morgan fingerprint density at radius 2 is 1.89 bits per heavy atom. The summed E-state index contributed by atoms with van der Waals surface area (Å²) in [4.78, 5) is 16.3. The fourth-order valence-corrected chi connectivity index (χ4v) is 1.95. The van der Waals surface area contributed by atoms with Gasteiger partial charge in [-0.25, -0.2) is 0 Å². The molecule has 18 heavy (non-hydrogen) atoms. The molecule has 3 N–H and O–H groups in total. The molecule has 0 spiro atoms. The minimum Gasteiger partial charge on any atom is -0.355 e. The van der Waals surface area contributed by atoms with Gasteiger partial charge in [0.2, 0.25) is 5.91 Å². The van der Waals surface area contributed by atoms with Gasteiger partial charge >= 0.3 is 0 Å². The third-order valence-electron chi connectivity index (χ3n) is 3.34. The zero-order valence-electron chi connectivity index (χ0n) is 12.0. The Bertz CT molecular complexity index is 254. The maximum atomic E-state index is 11.6. The number of nitrogens with two attached hydrogens (primary N) is 1. The van der Waals surface area contributed by atoms with Crippen LogP contribution < -0.4 is 11.1 Å². The summed E-state index contributed by atoms with van der Waals surface area (Å²) in [6.45, 7) is 10.0. The van der Waals surface area contributed by atoms with E-state index in [1.165, 1.54) is 0 Å². The van der Waals surface area contributed by atoms with Gasteiger partial charge < -0.3 is 16.0 Å². The Labute approximate surface area is 111 Å². The van der Waals surface area contributed by atoms with E-state index in [9.17, 15) is 4.79 Å². The maximum Gasteiger partial charge on any atom is 0.220 e. The summed E-state index contributed by atoms with van der Waals surface area (Å²) >= 11 is 0. The van der Waals surface area contributed by atoms with Crippen LogP contribution in [0.4, 0.5) is 0 Å². The zero-order chi connectivity index (χ0) is 13.6. The molecule has 0 saturated carbocycles. The molecule has 1 amide bonds. The first-order chi connectivity index (χ1) is 8.37. The Kier molecular flexibility index (Phi) is 6.05. The summed E-state index contributed by atoms with van der Waals surface area (Å²) in [6, 6.07) is 0. The van der Waals surface area contributed by atoms with E-state index in [0.29, 0.717) is 6.42 Å². The predicted octanol–water partition coefficient (Wildman–Crippen LogP) is -0.132. The van der Waals surface area contributed by atoms with Crippen LogP contribution in [0.3, 0.4) is 0 Å². The predicted molar refractivity (Wildman–Crippen MR) is 74.4 cm³/mol. The van der Waals surface area contributed by atoms with Gasteiger partial charge in [0.05, 0.1) is 0 Å². The van der Waals surface area contributed by atoms with Crippen molar-refractivity contribution in [2.24, 2.45) is 5.73 Å². The van der Waals surface area contributed by atoms with Crippen LogP contribution in [0.5, 0.6) is 0 Å². The molecular weight excluding hydrogens is 228 g/mol. The average molecular weight is 256 g/mol. The molecule has 0 aromatic heterocycles. The number of hydrogen-bond donors (Lipinski definition) is 2. The van der Waals surface area contributed by atoms with Crippen LogP contribution in [0.2, 0.25) is 0 Å². The largest absolute Gasteiger partial charge is 0.355 e. The number of amides is 1. The maximum absolute atomic E-state index is 11.6. The zero-order valence-corrected chi connectivity index (χ0v) is 12.0. The van der Waals surface area contributed by atoms with E-state index in [-0.39, 0.29) is 11.4 Å².